The fraction of sp³-hybridized carbons (Fsp3) is 0.462. The summed E-state index contributed by atoms with van der Waals surface area (Å²) in [6.07, 6.45) is 0. The summed E-state index contributed by atoms with van der Waals surface area (Å²) in [7, 11) is 0. The number of ether oxygens (including phenoxy) is 1. The number of halogens is 1. The van der Waals surface area contributed by atoms with Gasteiger partial charge in [0.05, 0.1) is 5.56 Å². The second-order valence-electron chi connectivity index (χ2n) is 4.05. The van der Waals surface area contributed by atoms with Crippen molar-refractivity contribution in [1.29, 1.82) is 0 Å². The van der Waals surface area contributed by atoms with E-state index in [1.807, 2.05) is 18.2 Å². The molecule has 0 bridgehead atoms. The molecule has 0 fully saturated rings. The number of rotatable bonds is 3. The minimum absolute atomic E-state index is 0.146. The normalized spacial score (nSPS) is 19.1. The van der Waals surface area contributed by atoms with Crippen LogP contribution in [0.5, 0.6) is 5.75 Å². The van der Waals surface area contributed by atoms with E-state index in [1.165, 1.54) is 0 Å². The van der Waals surface area contributed by atoms with Crippen LogP contribution in [0.2, 0.25) is 0 Å². The predicted molar refractivity (Wildman–Crippen MR) is 70.7 cm³/mol. The van der Waals surface area contributed by atoms with Gasteiger partial charge in [0, 0.05) is 4.47 Å². The van der Waals surface area contributed by atoms with Gasteiger partial charge in [0.1, 0.15) is 18.4 Å². The Kier molecular flexibility index (Phi) is 3.84. The van der Waals surface area contributed by atoms with Crippen molar-refractivity contribution in [2.75, 3.05) is 19.7 Å². The van der Waals surface area contributed by atoms with Crippen LogP contribution in [0.1, 0.15) is 24.2 Å². The minimum atomic E-state index is -0.146. The van der Waals surface area contributed by atoms with E-state index in [9.17, 15) is 4.79 Å². The molecule has 17 heavy (non-hydrogen) atoms. The monoisotopic (exact) mass is 297 g/mol. The fourth-order valence-electron chi connectivity index (χ4n) is 2.18. The lowest BCUT2D eigenvalue weighted by atomic mass is 10.00. The Bertz CT molecular complexity index is 429. The topological polar surface area (TPSA) is 29.5 Å². The van der Waals surface area contributed by atoms with Gasteiger partial charge in [-0.2, -0.15) is 0 Å². The molecule has 0 N–H and O–H groups in total. The summed E-state index contributed by atoms with van der Waals surface area (Å²) in [4.78, 5) is 14.5. The van der Waals surface area contributed by atoms with E-state index in [1.54, 1.807) is 0 Å². The Morgan fingerprint density at radius 3 is 2.76 bits per heavy atom. The van der Waals surface area contributed by atoms with Crippen molar-refractivity contribution in [2.45, 2.75) is 19.9 Å². The lowest BCUT2D eigenvalue weighted by molar-refractivity contribution is 0.0692. The van der Waals surface area contributed by atoms with Crippen molar-refractivity contribution < 1.29 is 9.53 Å². The van der Waals surface area contributed by atoms with E-state index in [-0.39, 0.29) is 11.8 Å². The average Bonchev–Trinajstić information content (AvgIpc) is 2.34. The molecule has 1 aliphatic rings. The lowest BCUT2D eigenvalue weighted by Gasteiger charge is -2.32. The van der Waals surface area contributed by atoms with Crippen LogP contribution >= 0.6 is 15.9 Å². The number of carbonyl (C=O) groups excluding carboxylic acids is 1. The van der Waals surface area contributed by atoms with Crippen molar-refractivity contribution in [3.8, 4) is 5.75 Å². The maximum Gasteiger partial charge on any atom is 0.187 e. The molecule has 0 amide bonds. The Labute approximate surface area is 110 Å². The van der Waals surface area contributed by atoms with Gasteiger partial charge in [0.25, 0.3) is 0 Å². The molecule has 0 spiro atoms. The van der Waals surface area contributed by atoms with Gasteiger partial charge in [0.2, 0.25) is 0 Å². The molecule has 3 nitrogen and oxygen atoms in total. The Balaban J connectivity index is 2.32. The van der Waals surface area contributed by atoms with Crippen LogP contribution in [0.4, 0.5) is 0 Å². The second-order valence-corrected chi connectivity index (χ2v) is 4.97. The van der Waals surface area contributed by atoms with Gasteiger partial charge >= 0.3 is 0 Å². The van der Waals surface area contributed by atoms with Crippen LogP contribution in [0.15, 0.2) is 22.7 Å². The van der Waals surface area contributed by atoms with Crippen molar-refractivity contribution in [2.24, 2.45) is 0 Å². The number of carbonyl (C=O) groups is 1. The highest BCUT2D eigenvalue weighted by atomic mass is 79.9. The molecule has 0 aromatic heterocycles. The molecule has 4 heteroatoms. The second kappa shape index (κ2) is 5.19. The smallest absolute Gasteiger partial charge is 0.187 e. The van der Waals surface area contributed by atoms with E-state index < -0.39 is 0 Å². The summed E-state index contributed by atoms with van der Waals surface area (Å²) < 4.78 is 6.57. The molecule has 1 heterocycles. The fourth-order valence-corrected chi connectivity index (χ4v) is 2.54. The zero-order chi connectivity index (χ0) is 12.4. The maximum atomic E-state index is 12.4. The SMILES string of the molecule is CCN(CC)[C@H]1COc2ccc(Br)cc2C1=O. The first-order valence-corrected chi connectivity index (χ1v) is 6.67. The molecule has 1 aliphatic heterocycles. The first-order valence-electron chi connectivity index (χ1n) is 5.88. The van der Waals surface area contributed by atoms with Gasteiger partial charge in [-0.15, -0.1) is 0 Å². The molecular weight excluding hydrogens is 282 g/mol. The van der Waals surface area contributed by atoms with Crippen LogP contribution in [-0.2, 0) is 0 Å². The van der Waals surface area contributed by atoms with E-state index in [4.69, 9.17) is 4.74 Å². The number of benzene rings is 1. The highest BCUT2D eigenvalue weighted by Gasteiger charge is 2.32. The van der Waals surface area contributed by atoms with Crippen LogP contribution in [-0.4, -0.2) is 36.4 Å². The zero-order valence-corrected chi connectivity index (χ0v) is 11.7. The van der Waals surface area contributed by atoms with Gasteiger partial charge in [-0.25, -0.2) is 0 Å². The number of nitrogens with zero attached hydrogens (tertiary/aromatic N) is 1. The first kappa shape index (κ1) is 12.6. The summed E-state index contributed by atoms with van der Waals surface area (Å²) in [6, 6.07) is 5.43. The van der Waals surface area contributed by atoms with E-state index in [0.29, 0.717) is 17.9 Å². The van der Waals surface area contributed by atoms with Crippen LogP contribution in [0.3, 0.4) is 0 Å². The number of ketones is 1. The Morgan fingerprint density at radius 2 is 2.12 bits per heavy atom. The lowest BCUT2D eigenvalue weighted by Crippen LogP contribution is -2.47. The highest BCUT2D eigenvalue weighted by molar-refractivity contribution is 9.10. The average molecular weight is 298 g/mol. The van der Waals surface area contributed by atoms with Crippen molar-refractivity contribution in [3.63, 3.8) is 0 Å². The minimum Gasteiger partial charge on any atom is -0.491 e. The number of fused-ring (bicyclic) bond motifs is 1. The maximum absolute atomic E-state index is 12.4. The summed E-state index contributed by atoms with van der Waals surface area (Å²) in [6.45, 7) is 6.30. The van der Waals surface area contributed by atoms with Gasteiger partial charge in [-0.1, -0.05) is 29.8 Å². The van der Waals surface area contributed by atoms with Crippen LogP contribution in [0, 0.1) is 0 Å². The summed E-state index contributed by atoms with van der Waals surface area (Å²) in [5.74, 6) is 0.859. The van der Waals surface area contributed by atoms with Crippen molar-refractivity contribution in [1.82, 2.24) is 4.90 Å². The molecule has 0 unspecified atom stereocenters. The molecule has 0 saturated heterocycles. The molecule has 2 rings (SSSR count). The third-order valence-corrected chi connectivity index (χ3v) is 3.65. The van der Waals surface area contributed by atoms with Crippen molar-refractivity contribution >= 4 is 21.7 Å². The number of hydrogen-bond acceptors (Lipinski definition) is 3. The first-order chi connectivity index (χ1) is 8.17. The molecule has 0 aliphatic carbocycles. The molecule has 1 atom stereocenters. The zero-order valence-electron chi connectivity index (χ0n) is 10.1. The van der Waals surface area contributed by atoms with Gasteiger partial charge in [-0.05, 0) is 31.3 Å². The molecule has 0 saturated carbocycles. The third kappa shape index (κ3) is 2.38. The van der Waals surface area contributed by atoms with Gasteiger partial charge in [-0.3, -0.25) is 9.69 Å². The molecule has 92 valence electrons. The van der Waals surface area contributed by atoms with E-state index in [0.717, 1.165) is 17.6 Å². The third-order valence-electron chi connectivity index (χ3n) is 3.16. The molecule has 0 radical (unpaired) electrons. The number of Topliss-reactive ketones (excluding diaryl/α,β-unsaturated/α-hetero) is 1. The highest BCUT2D eigenvalue weighted by Crippen LogP contribution is 2.29. The van der Waals surface area contributed by atoms with E-state index >= 15 is 0 Å². The molecule has 1 aromatic rings. The molecule has 1 aromatic carbocycles. The van der Waals surface area contributed by atoms with Crippen LogP contribution in [0.25, 0.3) is 0 Å². The Morgan fingerprint density at radius 1 is 1.41 bits per heavy atom. The number of hydrogen-bond donors (Lipinski definition) is 0. The Hall–Kier alpha value is -0.870. The summed E-state index contributed by atoms with van der Waals surface area (Å²) >= 11 is 3.39. The largest absolute Gasteiger partial charge is 0.491 e. The summed E-state index contributed by atoms with van der Waals surface area (Å²) in [5.41, 5.74) is 0.683. The van der Waals surface area contributed by atoms with Gasteiger partial charge < -0.3 is 4.74 Å². The molecular formula is C13H16BrNO2. The predicted octanol–water partition coefficient (Wildman–Crippen LogP) is 2.73. The van der Waals surface area contributed by atoms with Crippen LogP contribution < -0.4 is 4.74 Å². The van der Waals surface area contributed by atoms with Gasteiger partial charge in [0.15, 0.2) is 5.78 Å². The van der Waals surface area contributed by atoms with Crippen molar-refractivity contribution in [3.05, 3.63) is 28.2 Å². The number of likely N-dealkylation sites (N-methyl/N-ethyl adjacent to an activating group) is 1. The standard InChI is InChI=1S/C13H16BrNO2/c1-3-15(4-2)11-8-17-12-6-5-9(14)7-10(12)13(11)16/h5-7,11H,3-4,8H2,1-2H3/t11-/m0/s1. The van der Waals surface area contributed by atoms with E-state index in [2.05, 4.69) is 34.7 Å². The summed E-state index contributed by atoms with van der Waals surface area (Å²) in [5, 5.41) is 0. The quantitative estimate of drug-likeness (QED) is 0.859.